The minimum absolute atomic E-state index is 0.0883. The summed E-state index contributed by atoms with van der Waals surface area (Å²) in [6.07, 6.45) is 5.84. The van der Waals surface area contributed by atoms with Gasteiger partial charge in [0, 0.05) is 31.9 Å². The number of rotatable bonds is 7. The number of imidazole rings is 1. The Kier molecular flexibility index (Phi) is 5.36. The Morgan fingerprint density at radius 1 is 1.29 bits per heavy atom. The van der Waals surface area contributed by atoms with Crippen LogP contribution in [0.3, 0.4) is 0 Å². The van der Waals surface area contributed by atoms with E-state index < -0.39 is 0 Å². The standard InChI is InChI=1S/C18H23N3O3/c1-14-19-8-10-21(14)9-2-3-18(22)20-7-6-15-4-5-16-17(13-15)24-12-11-23-16/h4-5,8,10,13H,2-3,6-7,9,11-12H2,1H3,(H,20,22). The molecule has 0 spiro atoms. The summed E-state index contributed by atoms with van der Waals surface area (Å²) in [6, 6.07) is 5.93. The van der Waals surface area contributed by atoms with Gasteiger partial charge in [-0.3, -0.25) is 4.79 Å². The van der Waals surface area contributed by atoms with E-state index in [0.29, 0.717) is 26.2 Å². The summed E-state index contributed by atoms with van der Waals surface area (Å²) in [7, 11) is 0. The number of aryl methyl sites for hydroxylation is 2. The predicted octanol–water partition coefficient (Wildman–Crippen LogP) is 2.10. The van der Waals surface area contributed by atoms with Crippen LogP contribution >= 0.6 is 0 Å². The quantitative estimate of drug-likeness (QED) is 0.845. The number of carbonyl (C=O) groups excluding carboxylic acids is 1. The predicted molar refractivity (Wildman–Crippen MR) is 90.3 cm³/mol. The van der Waals surface area contributed by atoms with E-state index in [-0.39, 0.29) is 5.91 Å². The molecule has 0 atom stereocenters. The summed E-state index contributed by atoms with van der Waals surface area (Å²) in [5, 5.41) is 2.97. The maximum atomic E-state index is 11.9. The lowest BCUT2D eigenvalue weighted by atomic mass is 10.1. The van der Waals surface area contributed by atoms with Crippen LogP contribution in [-0.4, -0.2) is 35.2 Å². The Labute approximate surface area is 141 Å². The van der Waals surface area contributed by atoms with Crippen molar-refractivity contribution in [2.45, 2.75) is 32.7 Å². The molecule has 0 bridgehead atoms. The Morgan fingerprint density at radius 2 is 2.12 bits per heavy atom. The van der Waals surface area contributed by atoms with Gasteiger partial charge in [-0.15, -0.1) is 0 Å². The highest BCUT2D eigenvalue weighted by molar-refractivity contribution is 5.75. The number of benzene rings is 1. The fourth-order valence-corrected chi connectivity index (χ4v) is 2.73. The normalized spacial score (nSPS) is 12.9. The first kappa shape index (κ1) is 16.4. The minimum Gasteiger partial charge on any atom is -0.486 e. The van der Waals surface area contributed by atoms with E-state index in [1.54, 1.807) is 6.20 Å². The van der Waals surface area contributed by atoms with Crippen molar-refractivity contribution in [3.8, 4) is 11.5 Å². The topological polar surface area (TPSA) is 65.4 Å². The second kappa shape index (κ2) is 7.86. The van der Waals surface area contributed by atoms with Crippen LogP contribution in [0.4, 0.5) is 0 Å². The second-order valence-electron chi connectivity index (χ2n) is 5.85. The molecule has 6 nitrogen and oxygen atoms in total. The summed E-state index contributed by atoms with van der Waals surface area (Å²) in [4.78, 5) is 16.1. The molecule has 128 valence electrons. The lowest BCUT2D eigenvalue weighted by Gasteiger charge is -2.18. The molecule has 6 heteroatoms. The van der Waals surface area contributed by atoms with Gasteiger partial charge in [-0.2, -0.15) is 0 Å². The van der Waals surface area contributed by atoms with E-state index in [1.807, 2.05) is 31.3 Å². The number of ether oxygens (including phenoxy) is 2. The highest BCUT2D eigenvalue weighted by atomic mass is 16.6. The van der Waals surface area contributed by atoms with E-state index >= 15 is 0 Å². The molecule has 24 heavy (non-hydrogen) atoms. The van der Waals surface area contributed by atoms with Crippen molar-refractivity contribution in [2.24, 2.45) is 0 Å². The molecule has 2 aromatic rings. The van der Waals surface area contributed by atoms with Gasteiger partial charge in [0.2, 0.25) is 5.91 Å². The van der Waals surface area contributed by atoms with Gasteiger partial charge in [0.05, 0.1) is 0 Å². The lowest BCUT2D eigenvalue weighted by Crippen LogP contribution is -2.25. The first-order valence-electron chi connectivity index (χ1n) is 8.35. The highest BCUT2D eigenvalue weighted by Gasteiger charge is 2.11. The third-order valence-corrected chi connectivity index (χ3v) is 4.07. The number of nitrogens with zero attached hydrogens (tertiary/aromatic N) is 2. The molecule has 0 unspecified atom stereocenters. The fraction of sp³-hybridized carbons (Fsp3) is 0.444. The zero-order valence-corrected chi connectivity index (χ0v) is 14.0. The van der Waals surface area contributed by atoms with Gasteiger partial charge in [0.15, 0.2) is 11.5 Å². The van der Waals surface area contributed by atoms with Gasteiger partial charge in [-0.1, -0.05) is 6.07 Å². The first-order chi connectivity index (χ1) is 11.7. The average molecular weight is 329 g/mol. The van der Waals surface area contributed by atoms with Crippen molar-refractivity contribution in [2.75, 3.05) is 19.8 Å². The molecule has 0 fully saturated rings. The summed E-state index contributed by atoms with van der Waals surface area (Å²) in [5.74, 6) is 2.66. The lowest BCUT2D eigenvalue weighted by molar-refractivity contribution is -0.121. The van der Waals surface area contributed by atoms with Gasteiger partial charge in [-0.25, -0.2) is 4.98 Å². The summed E-state index contributed by atoms with van der Waals surface area (Å²) in [5.41, 5.74) is 1.13. The molecule has 1 aliphatic rings. The average Bonchev–Trinajstić information content (AvgIpc) is 3.00. The molecule has 0 saturated heterocycles. The van der Waals surface area contributed by atoms with Gasteiger partial charge >= 0.3 is 0 Å². The van der Waals surface area contributed by atoms with Crippen molar-refractivity contribution in [1.29, 1.82) is 0 Å². The molecular weight excluding hydrogens is 306 g/mol. The molecule has 1 aliphatic heterocycles. The van der Waals surface area contributed by atoms with Crippen molar-refractivity contribution in [3.63, 3.8) is 0 Å². The van der Waals surface area contributed by atoms with Gasteiger partial charge in [0.1, 0.15) is 19.0 Å². The fourth-order valence-electron chi connectivity index (χ4n) is 2.73. The van der Waals surface area contributed by atoms with E-state index in [1.165, 1.54) is 0 Å². The monoisotopic (exact) mass is 329 g/mol. The van der Waals surface area contributed by atoms with Gasteiger partial charge < -0.3 is 19.4 Å². The molecule has 0 saturated carbocycles. The minimum atomic E-state index is 0.0883. The second-order valence-corrected chi connectivity index (χ2v) is 5.85. The molecular formula is C18H23N3O3. The van der Waals surface area contributed by atoms with Crippen LogP contribution in [0.2, 0.25) is 0 Å². The molecule has 1 amide bonds. The number of carbonyl (C=O) groups is 1. The first-order valence-corrected chi connectivity index (χ1v) is 8.35. The number of fused-ring (bicyclic) bond motifs is 1. The van der Waals surface area contributed by atoms with Crippen molar-refractivity contribution < 1.29 is 14.3 Å². The Bertz CT molecular complexity index is 697. The van der Waals surface area contributed by atoms with E-state index in [0.717, 1.165) is 42.3 Å². The molecule has 0 aliphatic carbocycles. The van der Waals surface area contributed by atoms with Gasteiger partial charge in [-0.05, 0) is 37.5 Å². The van der Waals surface area contributed by atoms with Crippen LogP contribution < -0.4 is 14.8 Å². The smallest absolute Gasteiger partial charge is 0.220 e. The zero-order valence-electron chi connectivity index (χ0n) is 14.0. The molecule has 1 aromatic heterocycles. The summed E-state index contributed by atoms with van der Waals surface area (Å²) in [6.45, 7) is 4.60. The third-order valence-electron chi connectivity index (χ3n) is 4.07. The third kappa shape index (κ3) is 4.28. The number of nitrogens with one attached hydrogen (secondary N) is 1. The van der Waals surface area contributed by atoms with Crippen LogP contribution in [0.1, 0.15) is 24.2 Å². The Balaban J connectivity index is 1.37. The molecule has 0 radical (unpaired) electrons. The van der Waals surface area contributed by atoms with Crippen LogP contribution in [-0.2, 0) is 17.8 Å². The Morgan fingerprint density at radius 3 is 2.92 bits per heavy atom. The molecule has 1 N–H and O–H groups in total. The number of aromatic nitrogens is 2. The van der Waals surface area contributed by atoms with Crippen molar-refractivity contribution in [3.05, 3.63) is 42.0 Å². The van der Waals surface area contributed by atoms with Crippen LogP contribution in [0, 0.1) is 6.92 Å². The van der Waals surface area contributed by atoms with Crippen molar-refractivity contribution in [1.82, 2.24) is 14.9 Å². The molecule has 3 rings (SSSR count). The highest BCUT2D eigenvalue weighted by Crippen LogP contribution is 2.30. The molecule has 2 heterocycles. The van der Waals surface area contributed by atoms with Gasteiger partial charge in [0.25, 0.3) is 0 Å². The SMILES string of the molecule is Cc1nccn1CCCC(=O)NCCc1ccc2c(c1)OCCO2. The zero-order chi connectivity index (χ0) is 16.8. The maximum Gasteiger partial charge on any atom is 0.220 e. The van der Waals surface area contributed by atoms with Crippen LogP contribution in [0.15, 0.2) is 30.6 Å². The van der Waals surface area contributed by atoms with Crippen molar-refractivity contribution >= 4 is 5.91 Å². The van der Waals surface area contributed by atoms with E-state index in [9.17, 15) is 4.79 Å². The van der Waals surface area contributed by atoms with E-state index in [4.69, 9.17) is 9.47 Å². The van der Waals surface area contributed by atoms with Crippen LogP contribution in [0.25, 0.3) is 0 Å². The number of amides is 1. The number of hydrogen-bond acceptors (Lipinski definition) is 4. The summed E-state index contributed by atoms with van der Waals surface area (Å²) < 4.78 is 13.1. The van der Waals surface area contributed by atoms with Crippen LogP contribution in [0.5, 0.6) is 11.5 Å². The number of hydrogen-bond donors (Lipinski definition) is 1. The van der Waals surface area contributed by atoms with E-state index in [2.05, 4.69) is 14.9 Å². The largest absolute Gasteiger partial charge is 0.486 e. The maximum absolute atomic E-state index is 11.9. The molecule has 1 aromatic carbocycles. The summed E-state index contributed by atoms with van der Waals surface area (Å²) >= 11 is 0. The Hall–Kier alpha value is -2.50.